The van der Waals surface area contributed by atoms with Crippen molar-refractivity contribution in [2.24, 2.45) is 16.6 Å². The molecule has 0 fully saturated rings. The molecule has 0 heterocycles. The lowest BCUT2D eigenvalue weighted by Crippen LogP contribution is -2.38. The van der Waals surface area contributed by atoms with E-state index in [9.17, 15) is 4.91 Å². The van der Waals surface area contributed by atoms with E-state index in [2.05, 4.69) is 5.18 Å². The van der Waals surface area contributed by atoms with Gasteiger partial charge < -0.3 is 11.5 Å². The number of nitrogens with two attached hydrogens (primary N) is 2. The molecular formula is C3H6N4O. The van der Waals surface area contributed by atoms with Crippen LogP contribution in [0.5, 0.6) is 0 Å². The minimum absolute atomic E-state index is 0.979. The van der Waals surface area contributed by atoms with E-state index >= 15 is 0 Å². The quantitative estimate of drug-likeness (QED) is 0.444. The second-order valence-corrected chi connectivity index (χ2v) is 1.25. The van der Waals surface area contributed by atoms with Crippen LogP contribution >= 0.6 is 0 Å². The van der Waals surface area contributed by atoms with Crippen LogP contribution < -0.4 is 11.5 Å². The zero-order chi connectivity index (χ0) is 6.57. The highest BCUT2D eigenvalue weighted by Gasteiger charge is 2.10. The first kappa shape index (κ1) is 7.01. The van der Waals surface area contributed by atoms with Crippen LogP contribution in [0.15, 0.2) is 5.18 Å². The summed E-state index contributed by atoms with van der Waals surface area (Å²) in [4.78, 5) is 9.50. The van der Waals surface area contributed by atoms with E-state index in [1.807, 2.05) is 0 Å². The minimum atomic E-state index is -1.10. The average Bonchev–Trinajstić information content (AvgIpc) is 1.84. The van der Waals surface area contributed by atoms with Crippen molar-refractivity contribution in [3.8, 4) is 6.07 Å². The van der Waals surface area contributed by atoms with Crippen molar-refractivity contribution in [1.82, 2.24) is 0 Å². The fourth-order valence-electron chi connectivity index (χ4n) is 0.142. The van der Waals surface area contributed by atoms with Crippen LogP contribution in [0.1, 0.15) is 0 Å². The SMILES string of the molecule is N#CC(N)C(N)N=O. The Bertz CT molecular complexity index is 117. The van der Waals surface area contributed by atoms with E-state index in [1.54, 1.807) is 6.07 Å². The molecule has 0 radical (unpaired) electrons. The first-order chi connectivity index (χ1) is 3.72. The molecule has 0 aromatic rings. The molecule has 0 aromatic carbocycles. The third-order valence-corrected chi connectivity index (χ3v) is 0.639. The molecule has 44 valence electrons. The number of hydrogen-bond acceptors (Lipinski definition) is 5. The molecule has 0 aliphatic carbocycles. The fraction of sp³-hybridized carbons (Fsp3) is 0.667. The molecule has 2 atom stereocenters. The molecule has 0 bridgehead atoms. The second kappa shape index (κ2) is 3.07. The number of nitrogens with zero attached hydrogens (tertiary/aromatic N) is 2. The minimum Gasteiger partial charge on any atom is -0.313 e. The van der Waals surface area contributed by atoms with Crippen LogP contribution in [0, 0.1) is 16.2 Å². The zero-order valence-corrected chi connectivity index (χ0v) is 4.11. The van der Waals surface area contributed by atoms with Gasteiger partial charge in [-0.2, -0.15) is 5.26 Å². The van der Waals surface area contributed by atoms with Crippen molar-refractivity contribution in [2.45, 2.75) is 12.2 Å². The molecule has 5 heteroatoms. The maximum atomic E-state index is 9.50. The number of rotatable bonds is 2. The summed E-state index contributed by atoms with van der Waals surface area (Å²) >= 11 is 0. The van der Waals surface area contributed by atoms with Crippen LogP contribution in [0.3, 0.4) is 0 Å². The van der Waals surface area contributed by atoms with Crippen molar-refractivity contribution in [2.75, 3.05) is 0 Å². The molecule has 8 heavy (non-hydrogen) atoms. The average molecular weight is 114 g/mol. The van der Waals surface area contributed by atoms with Gasteiger partial charge in [-0.15, -0.1) is 4.91 Å². The van der Waals surface area contributed by atoms with Gasteiger partial charge in [0.05, 0.1) is 6.07 Å². The third kappa shape index (κ3) is 1.64. The van der Waals surface area contributed by atoms with E-state index in [-0.39, 0.29) is 0 Å². The Hall–Kier alpha value is -0.990. The van der Waals surface area contributed by atoms with Crippen LogP contribution in [-0.4, -0.2) is 12.2 Å². The first-order valence-electron chi connectivity index (χ1n) is 1.95. The van der Waals surface area contributed by atoms with Crippen molar-refractivity contribution in [1.29, 1.82) is 5.26 Å². The Morgan fingerprint density at radius 3 is 2.25 bits per heavy atom. The van der Waals surface area contributed by atoms with Crippen molar-refractivity contribution >= 4 is 0 Å². The molecular weight excluding hydrogens is 108 g/mol. The van der Waals surface area contributed by atoms with Crippen LogP contribution in [0.4, 0.5) is 0 Å². The van der Waals surface area contributed by atoms with E-state index in [4.69, 9.17) is 16.7 Å². The van der Waals surface area contributed by atoms with E-state index in [1.165, 1.54) is 0 Å². The molecule has 2 unspecified atom stereocenters. The van der Waals surface area contributed by atoms with E-state index in [0.29, 0.717) is 0 Å². The smallest absolute Gasteiger partial charge is 0.168 e. The second-order valence-electron chi connectivity index (χ2n) is 1.25. The zero-order valence-electron chi connectivity index (χ0n) is 4.11. The largest absolute Gasteiger partial charge is 0.313 e. The standard InChI is InChI=1S/C3H6N4O/c4-1-2(5)3(6)7-8/h2-3H,5-6H2. The predicted octanol–water partition coefficient (Wildman–Crippen LogP) is -1.11. The summed E-state index contributed by atoms with van der Waals surface area (Å²) in [5, 5.41) is 10.3. The van der Waals surface area contributed by atoms with Crippen molar-refractivity contribution in [3.05, 3.63) is 4.91 Å². The topological polar surface area (TPSA) is 105 Å². The van der Waals surface area contributed by atoms with Gasteiger partial charge in [0.1, 0.15) is 6.04 Å². The highest BCUT2D eigenvalue weighted by molar-refractivity contribution is 4.92. The Labute approximate surface area is 46.2 Å². The summed E-state index contributed by atoms with van der Waals surface area (Å²) in [7, 11) is 0. The van der Waals surface area contributed by atoms with Crippen LogP contribution in [0.25, 0.3) is 0 Å². The van der Waals surface area contributed by atoms with Gasteiger partial charge in [-0.3, -0.25) is 0 Å². The summed E-state index contributed by atoms with van der Waals surface area (Å²) in [5.74, 6) is 0. The van der Waals surface area contributed by atoms with Crippen molar-refractivity contribution in [3.63, 3.8) is 0 Å². The lowest BCUT2D eigenvalue weighted by Gasteiger charge is -2.00. The number of nitroso groups, excluding NO2 is 1. The van der Waals surface area contributed by atoms with E-state index in [0.717, 1.165) is 0 Å². The van der Waals surface area contributed by atoms with Crippen LogP contribution in [0.2, 0.25) is 0 Å². The molecule has 0 rings (SSSR count). The lowest BCUT2D eigenvalue weighted by molar-refractivity contribution is 0.631. The summed E-state index contributed by atoms with van der Waals surface area (Å²) in [5.41, 5.74) is 9.85. The highest BCUT2D eigenvalue weighted by atomic mass is 16.3. The molecule has 0 spiro atoms. The lowest BCUT2D eigenvalue weighted by atomic mass is 10.3. The molecule has 4 N–H and O–H groups in total. The Balaban J connectivity index is 3.66. The number of hydrogen-bond donors (Lipinski definition) is 2. The summed E-state index contributed by atoms with van der Waals surface area (Å²) in [6.07, 6.45) is -1.10. The Morgan fingerprint density at radius 1 is 1.62 bits per heavy atom. The maximum Gasteiger partial charge on any atom is 0.168 e. The van der Waals surface area contributed by atoms with Crippen LogP contribution in [-0.2, 0) is 0 Å². The van der Waals surface area contributed by atoms with Gasteiger partial charge in [0.2, 0.25) is 0 Å². The molecule has 0 aliphatic rings. The Kier molecular flexibility index (Phi) is 2.69. The number of nitriles is 1. The third-order valence-electron chi connectivity index (χ3n) is 0.639. The predicted molar refractivity (Wildman–Crippen MR) is 27.4 cm³/mol. The summed E-state index contributed by atoms with van der Waals surface area (Å²) in [6.45, 7) is 0. The molecule has 0 amide bonds. The highest BCUT2D eigenvalue weighted by Crippen LogP contribution is 1.83. The van der Waals surface area contributed by atoms with Crippen molar-refractivity contribution < 1.29 is 0 Å². The van der Waals surface area contributed by atoms with Gasteiger partial charge >= 0.3 is 0 Å². The van der Waals surface area contributed by atoms with Gasteiger partial charge in [0.15, 0.2) is 6.17 Å². The van der Waals surface area contributed by atoms with E-state index < -0.39 is 12.2 Å². The van der Waals surface area contributed by atoms with Gasteiger partial charge in [-0.1, -0.05) is 0 Å². The summed E-state index contributed by atoms with van der Waals surface area (Å²) in [6, 6.07) is 0.595. The Morgan fingerprint density at radius 2 is 2.12 bits per heavy atom. The fourth-order valence-corrected chi connectivity index (χ4v) is 0.142. The molecule has 0 aromatic heterocycles. The summed E-state index contributed by atoms with van der Waals surface area (Å²) < 4.78 is 0. The van der Waals surface area contributed by atoms with Gasteiger partial charge in [0.25, 0.3) is 0 Å². The van der Waals surface area contributed by atoms with Gasteiger partial charge in [-0.25, -0.2) is 0 Å². The van der Waals surface area contributed by atoms with Gasteiger partial charge in [0, 0.05) is 0 Å². The molecule has 0 aliphatic heterocycles. The molecule has 5 nitrogen and oxygen atoms in total. The normalized spacial score (nSPS) is 16.1. The molecule has 0 saturated heterocycles. The molecule has 0 saturated carbocycles. The maximum absolute atomic E-state index is 9.50. The van der Waals surface area contributed by atoms with Gasteiger partial charge in [-0.05, 0) is 5.18 Å². The monoisotopic (exact) mass is 114 g/mol. The first-order valence-corrected chi connectivity index (χ1v) is 1.95.